The van der Waals surface area contributed by atoms with E-state index in [1.54, 1.807) is 6.20 Å². The molecule has 1 atom stereocenters. The number of aromatic amines is 1. The first-order valence-corrected chi connectivity index (χ1v) is 6.74. The minimum Gasteiger partial charge on any atom is -0.354 e. The summed E-state index contributed by atoms with van der Waals surface area (Å²) in [7, 11) is 0. The molecule has 3 heterocycles. The van der Waals surface area contributed by atoms with E-state index >= 15 is 0 Å². The van der Waals surface area contributed by atoms with Crippen LogP contribution in [0.3, 0.4) is 0 Å². The van der Waals surface area contributed by atoms with Crippen molar-refractivity contribution in [1.82, 2.24) is 20.6 Å². The van der Waals surface area contributed by atoms with E-state index in [2.05, 4.69) is 20.6 Å². The van der Waals surface area contributed by atoms with Crippen molar-refractivity contribution < 1.29 is 4.79 Å². The predicted molar refractivity (Wildman–Crippen MR) is 73.8 cm³/mol. The maximum Gasteiger partial charge on any atom is 0.224 e. The Labute approximate surface area is 111 Å². The maximum atomic E-state index is 11.9. The van der Waals surface area contributed by atoms with E-state index in [-0.39, 0.29) is 5.91 Å². The number of nitrogens with one attached hydrogen (secondary N) is 3. The molecule has 0 bridgehead atoms. The highest BCUT2D eigenvalue weighted by atomic mass is 16.1. The molecule has 2 aromatic heterocycles. The monoisotopic (exact) mass is 258 g/mol. The molecule has 5 heteroatoms. The molecule has 100 valence electrons. The summed E-state index contributed by atoms with van der Waals surface area (Å²) in [4.78, 5) is 19.2. The first-order chi connectivity index (χ1) is 9.33. The zero-order chi connectivity index (χ0) is 13.1. The SMILES string of the molecule is O=C(Cc1c[nH]c2ncccc12)NCC1CCCN1. The average Bonchev–Trinajstić information content (AvgIpc) is 3.07. The molecule has 0 radical (unpaired) electrons. The van der Waals surface area contributed by atoms with Gasteiger partial charge in [-0.05, 0) is 37.1 Å². The Balaban J connectivity index is 1.59. The van der Waals surface area contributed by atoms with Gasteiger partial charge in [0.15, 0.2) is 0 Å². The smallest absolute Gasteiger partial charge is 0.224 e. The third kappa shape index (κ3) is 2.76. The second kappa shape index (κ2) is 5.40. The van der Waals surface area contributed by atoms with Crippen LogP contribution in [0.4, 0.5) is 0 Å². The van der Waals surface area contributed by atoms with Crippen LogP contribution in [-0.4, -0.2) is 35.0 Å². The van der Waals surface area contributed by atoms with Crippen LogP contribution >= 0.6 is 0 Å². The van der Waals surface area contributed by atoms with Gasteiger partial charge in [-0.15, -0.1) is 0 Å². The summed E-state index contributed by atoms with van der Waals surface area (Å²) < 4.78 is 0. The number of fused-ring (bicyclic) bond motifs is 1. The van der Waals surface area contributed by atoms with Gasteiger partial charge in [-0.3, -0.25) is 4.79 Å². The zero-order valence-electron chi connectivity index (χ0n) is 10.8. The Bertz CT molecular complexity index is 572. The minimum atomic E-state index is 0.0680. The number of carbonyl (C=O) groups is 1. The molecule has 1 saturated heterocycles. The maximum absolute atomic E-state index is 11.9. The van der Waals surface area contributed by atoms with Gasteiger partial charge in [0.25, 0.3) is 0 Å². The summed E-state index contributed by atoms with van der Waals surface area (Å²) >= 11 is 0. The highest BCUT2D eigenvalue weighted by Crippen LogP contribution is 2.15. The van der Waals surface area contributed by atoms with Gasteiger partial charge >= 0.3 is 0 Å². The molecule has 19 heavy (non-hydrogen) atoms. The molecular formula is C14H18N4O. The fraction of sp³-hybridized carbons (Fsp3) is 0.429. The lowest BCUT2D eigenvalue weighted by Gasteiger charge is -2.11. The Morgan fingerprint density at radius 3 is 3.32 bits per heavy atom. The summed E-state index contributed by atoms with van der Waals surface area (Å²) in [6, 6.07) is 4.31. The Kier molecular flexibility index (Phi) is 3.46. The summed E-state index contributed by atoms with van der Waals surface area (Å²) in [5.74, 6) is 0.0680. The fourth-order valence-electron chi connectivity index (χ4n) is 2.56. The van der Waals surface area contributed by atoms with Crippen molar-refractivity contribution in [3.05, 3.63) is 30.1 Å². The zero-order valence-corrected chi connectivity index (χ0v) is 10.8. The van der Waals surface area contributed by atoms with E-state index in [0.717, 1.165) is 36.1 Å². The number of H-pyrrole nitrogens is 1. The van der Waals surface area contributed by atoms with Gasteiger partial charge in [-0.1, -0.05) is 0 Å². The van der Waals surface area contributed by atoms with Crippen molar-refractivity contribution in [2.45, 2.75) is 25.3 Å². The van der Waals surface area contributed by atoms with Crippen LogP contribution in [0.15, 0.2) is 24.5 Å². The van der Waals surface area contributed by atoms with Crippen molar-refractivity contribution in [2.75, 3.05) is 13.1 Å². The molecule has 0 spiro atoms. The Morgan fingerprint density at radius 1 is 1.53 bits per heavy atom. The van der Waals surface area contributed by atoms with Crippen LogP contribution in [-0.2, 0) is 11.2 Å². The number of nitrogens with zero attached hydrogens (tertiary/aromatic N) is 1. The molecule has 5 nitrogen and oxygen atoms in total. The number of rotatable bonds is 4. The number of hydrogen-bond acceptors (Lipinski definition) is 3. The van der Waals surface area contributed by atoms with Crippen LogP contribution in [0.5, 0.6) is 0 Å². The lowest BCUT2D eigenvalue weighted by Crippen LogP contribution is -2.37. The third-order valence-corrected chi connectivity index (χ3v) is 3.60. The standard InChI is InChI=1S/C14H18N4O/c19-13(17-9-11-3-1-5-15-11)7-10-8-18-14-12(10)4-2-6-16-14/h2,4,6,8,11,15H,1,3,5,7,9H2,(H,16,18)(H,17,19). The van der Waals surface area contributed by atoms with Gasteiger partial charge in [-0.2, -0.15) is 0 Å². The summed E-state index contributed by atoms with van der Waals surface area (Å²) in [6.45, 7) is 1.79. The van der Waals surface area contributed by atoms with Crippen molar-refractivity contribution in [3.63, 3.8) is 0 Å². The van der Waals surface area contributed by atoms with Crippen LogP contribution < -0.4 is 10.6 Å². The first kappa shape index (κ1) is 12.2. The molecular weight excluding hydrogens is 240 g/mol. The first-order valence-electron chi connectivity index (χ1n) is 6.74. The van der Waals surface area contributed by atoms with E-state index in [9.17, 15) is 4.79 Å². The van der Waals surface area contributed by atoms with Crippen molar-refractivity contribution >= 4 is 16.9 Å². The second-order valence-corrected chi connectivity index (χ2v) is 4.99. The predicted octanol–water partition coefficient (Wildman–Crippen LogP) is 0.974. The van der Waals surface area contributed by atoms with Gasteiger partial charge in [0.05, 0.1) is 6.42 Å². The number of hydrogen-bond donors (Lipinski definition) is 3. The summed E-state index contributed by atoms with van der Waals surface area (Å²) in [5.41, 5.74) is 1.84. The lowest BCUT2D eigenvalue weighted by molar-refractivity contribution is -0.120. The molecule has 1 fully saturated rings. The van der Waals surface area contributed by atoms with Crippen molar-refractivity contribution in [2.24, 2.45) is 0 Å². The van der Waals surface area contributed by atoms with E-state index in [0.29, 0.717) is 12.5 Å². The van der Waals surface area contributed by atoms with Crippen molar-refractivity contribution in [1.29, 1.82) is 0 Å². The molecule has 0 aromatic carbocycles. The van der Waals surface area contributed by atoms with Crippen LogP contribution in [0.1, 0.15) is 18.4 Å². The van der Waals surface area contributed by atoms with Gasteiger partial charge in [0.1, 0.15) is 5.65 Å². The Hall–Kier alpha value is -1.88. The topological polar surface area (TPSA) is 69.8 Å². The lowest BCUT2D eigenvalue weighted by atomic mass is 10.1. The third-order valence-electron chi connectivity index (χ3n) is 3.60. The molecule has 0 saturated carbocycles. The van der Waals surface area contributed by atoms with E-state index in [4.69, 9.17) is 0 Å². The second-order valence-electron chi connectivity index (χ2n) is 4.99. The van der Waals surface area contributed by atoms with Crippen LogP contribution in [0.2, 0.25) is 0 Å². The van der Waals surface area contributed by atoms with Gasteiger partial charge < -0.3 is 15.6 Å². The number of pyridine rings is 1. The largest absolute Gasteiger partial charge is 0.354 e. The molecule has 1 aliphatic rings. The van der Waals surface area contributed by atoms with Gasteiger partial charge in [-0.25, -0.2) is 4.98 Å². The fourth-order valence-corrected chi connectivity index (χ4v) is 2.56. The summed E-state index contributed by atoms with van der Waals surface area (Å²) in [5, 5.41) is 7.39. The van der Waals surface area contributed by atoms with Crippen LogP contribution in [0.25, 0.3) is 11.0 Å². The molecule has 1 amide bonds. The van der Waals surface area contributed by atoms with Crippen LogP contribution in [0, 0.1) is 0 Å². The molecule has 1 aliphatic heterocycles. The molecule has 3 N–H and O–H groups in total. The van der Waals surface area contributed by atoms with E-state index in [1.165, 1.54) is 6.42 Å². The van der Waals surface area contributed by atoms with Gasteiger partial charge in [0.2, 0.25) is 5.91 Å². The summed E-state index contributed by atoms with van der Waals surface area (Å²) in [6.07, 6.45) is 6.36. The molecule has 2 aromatic rings. The molecule has 3 rings (SSSR count). The number of amides is 1. The van der Waals surface area contributed by atoms with Gasteiger partial charge in [0, 0.05) is 30.4 Å². The number of carbonyl (C=O) groups excluding carboxylic acids is 1. The quantitative estimate of drug-likeness (QED) is 0.765. The van der Waals surface area contributed by atoms with E-state index in [1.807, 2.05) is 18.3 Å². The minimum absolute atomic E-state index is 0.0680. The van der Waals surface area contributed by atoms with E-state index < -0.39 is 0 Å². The number of aromatic nitrogens is 2. The molecule has 0 aliphatic carbocycles. The highest BCUT2D eigenvalue weighted by Gasteiger charge is 2.15. The molecule has 1 unspecified atom stereocenters. The Morgan fingerprint density at radius 2 is 2.47 bits per heavy atom. The van der Waals surface area contributed by atoms with Crippen molar-refractivity contribution in [3.8, 4) is 0 Å². The average molecular weight is 258 g/mol. The highest BCUT2D eigenvalue weighted by molar-refractivity contribution is 5.87. The normalized spacial score (nSPS) is 18.8.